The van der Waals surface area contributed by atoms with Gasteiger partial charge >= 0.3 is 12.1 Å². The molecule has 0 N–H and O–H groups in total. The van der Waals surface area contributed by atoms with Gasteiger partial charge in [0.15, 0.2) is 5.69 Å². The zero-order valence-corrected chi connectivity index (χ0v) is 10.3. The van der Waals surface area contributed by atoms with Crippen molar-refractivity contribution in [3.8, 4) is 0 Å². The van der Waals surface area contributed by atoms with Gasteiger partial charge in [-0.15, -0.1) is 0 Å². The highest BCUT2D eigenvalue weighted by Crippen LogP contribution is 2.31. The Bertz CT molecular complexity index is 406. The molecule has 0 unspecified atom stereocenters. The normalized spacial score (nSPS) is 11.3. The summed E-state index contributed by atoms with van der Waals surface area (Å²) in [6.07, 6.45) is -4.66. The van der Waals surface area contributed by atoms with Crippen molar-refractivity contribution in [2.75, 3.05) is 6.61 Å². The molecule has 7 heteroatoms. The molecule has 0 saturated carbocycles. The number of alkyl halides is 3. The quantitative estimate of drug-likeness (QED) is 0.470. The first-order valence-corrected chi connectivity index (χ1v) is 5.35. The summed E-state index contributed by atoms with van der Waals surface area (Å²) in [6.45, 7) is 1.54. The Balaban J connectivity index is 3.23. The van der Waals surface area contributed by atoms with E-state index in [1.807, 2.05) is 0 Å². The van der Waals surface area contributed by atoms with Crippen molar-refractivity contribution in [2.45, 2.75) is 13.1 Å². The van der Waals surface area contributed by atoms with Gasteiger partial charge in [-0.3, -0.25) is 0 Å². The van der Waals surface area contributed by atoms with Gasteiger partial charge in [-0.1, -0.05) is 0 Å². The SMILES string of the molecule is CCOC(=O)c1ccc(I)nc1C(F)(F)F. The van der Waals surface area contributed by atoms with Gasteiger partial charge in [0.05, 0.1) is 12.2 Å². The number of nitrogens with zero attached hydrogens (tertiary/aromatic N) is 1. The lowest BCUT2D eigenvalue weighted by molar-refractivity contribution is -0.141. The van der Waals surface area contributed by atoms with Crippen LogP contribution in [0.5, 0.6) is 0 Å². The zero-order valence-electron chi connectivity index (χ0n) is 8.14. The van der Waals surface area contributed by atoms with Gasteiger partial charge in [-0.05, 0) is 41.6 Å². The average molecular weight is 345 g/mol. The monoisotopic (exact) mass is 345 g/mol. The molecule has 1 heterocycles. The number of carbonyl (C=O) groups is 1. The van der Waals surface area contributed by atoms with Crippen LogP contribution in [0.25, 0.3) is 0 Å². The number of aromatic nitrogens is 1. The van der Waals surface area contributed by atoms with Gasteiger partial charge in [-0.2, -0.15) is 13.2 Å². The molecule has 1 rings (SSSR count). The van der Waals surface area contributed by atoms with Crippen LogP contribution in [0.3, 0.4) is 0 Å². The summed E-state index contributed by atoms with van der Waals surface area (Å²) in [5, 5.41) is 0. The Kier molecular flexibility index (Phi) is 4.11. The van der Waals surface area contributed by atoms with Gasteiger partial charge in [0.2, 0.25) is 0 Å². The van der Waals surface area contributed by atoms with Gasteiger partial charge in [-0.25, -0.2) is 9.78 Å². The van der Waals surface area contributed by atoms with E-state index < -0.39 is 23.4 Å². The largest absolute Gasteiger partial charge is 0.462 e. The maximum Gasteiger partial charge on any atom is 0.434 e. The predicted octanol–water partition coefficient (Wildman–Crippen LogP) is 2.88. The van der Waals surface area contributed by atoms with E-state index in [4.69, 9.17) is 0 Å². The summed E-state index contributed by atoms with van der Waals surface area (Å²) in [5.41, 5.74) is -1.77. The molecule has 0 aliphatic carbocycles. The molecular weight excluding hydrogens is 338 g/mol. The van der Waals surface area contributed by atoms with E-state index in [0.717, 1.165) is 6.07 Å². The fourth-order valence-corrected chi connectivity index (χ4v) is 1.45. The first kappa shape index (κ1) is 13.2. The fraction of sp³-hybridized carbons (Fsp3) is 0.333. The minimum atomic E-state index is -4.66. The van der Waals surface area contributed by atoms with Crippen molar-refractivity contribution in [1.29, 1.82) is 0 Å². The van der Waals surface area contributed by atoms with Crippen LogP contribution in [0.1, 0.15) is 23.0 Å². The van der Waals surface area contributed by atoms with Crippen LogP contribution in [0.2, 0.25) is 0 Å². The van der Waals surface area contributed by atoms with Crippen molar-refractivity contribution >= 4 is 28.6 Å². The third kappa shape index (κ3) is 3.06. The topological polar surface area (TPSA) is 39.2 Å². The molecule has 1 aromatic heterocycles. The Morgan fingerprint density at radius 1 is 1.50 bits per heavy atom. The number of pyridine rings is 1. The fourth-order valence-electron chi connectivity index (χ4n) is 1.02. The standard InChI is InChI=1S/C9H7F3INO2/c1-2-16-8(15)5-3-4-6(13)14-7(5)9(10,11)12/h3-4H,2H2,1H3. The molecule has 1 aromatic rings. The van der Waals surface area contributed by atoms with E-state index in [-0.39, 0.29) is 10.3 Å². The number of esters is 1. The Hall–Kier alpha value is -0.860. The summed E-state index contributed by atoms with van der Waals surface area (Å²) < 4.78 is 42.4. The molecule has 0 saturated heterocycles. The summed E-state index contributed by atoms with van der Waals surface area (Å²) in [6, 6.07) is 2.39. The Morgan fingerprint density at radius 2 is 2.12 bits per heavy atom. The van der Waals surface area contributed by atoms with Gasteiger partial charge in [0.1, 0.15) is 3.70 Å². The third-order valence-corrected chi connectivity index (χ3v) is 2.23. The van der Waals surface area contributed by atoms with Gasteiger partial charge in [0, 0.05) is 0 Å². The minimum Gasteiger partial charge on any atom is -0.462 e. The molecule has 0 spiro atoms. The molecule has 0 bridgehead atoms. The maximum absolute atomic E-state index is 12.6. The van der Waals surface area contributed by atoms with E-state index >= 15 is 0 Å². The first-order valence-electron chi connectivity index (χ1n) is 4.27. The van der Waals surface area contributed by atoms with Crippen molar-refractivity contribution in [3.05, 3.63) is 27.1 Å². The number of hydrogen-bond donors (Lipinski definition) is 0. The van der Waals surface area contributed by atoms with Crippen LogP contribution in [0.15, 0.2) is 12.1 Å². The van der Waals surface area contributed by atoms with Crippen LogP contribution in [0, 0.1) is 3.70 Å². The Labute approximate surface area is 103 Å². The van der Waals surface area contributed by atoms with Crippen molar-refractivity contribution in [2.24, 2.45) is 0 Å². The number of hydrogen-bond acceptors (Lipinski definition) is 3. The van der Waals surface area contributed by atoms with Crippen molar-refractivity contribution < 1.29 is 22.7 Å². The average Bonchev–Trinajstić information content (AvgIpc) is 2.16. The van der Waals surface area contributed by atoms with E-state index in [2.05, 4.69) is 9.72 Å². The molecule has 0 aliphatic heterocycles. The molecule has 0 atom stereocenters. The van der Waals surface area contributed by atoms with E-state index in [1.54, 1.807) is 22.6 Å². The second-order valence-corrected chi connectivity index (χ2v) is 3.85. The van der Waals surface area contributed by atoms with Crippen LogP contribution >= 0.6 is 22.6 Å². The molecule has 0 radical (unpaired) electrons. The third-order valence-electron chi connectivity index (χ3n) is 1.63. The van der Waals surface area contributed by atoms with Crippen LogP contribution in [-0.2, 0) is 10.9 Å². The summed E-state index contributed by atoms with van der Waals surface area (Å²) in [7, 11) is 0. The molecule has 3 nitrogen and oxygen atoms in total. The highest BCUT2D eigenvalue weighted by molar-refractivity contribution is 14.1. The molecule has 0 amide bonds. The lowest BCUT2D eigenvalue weighted by Crippen LogP contribution is -2.17. The molecule has 0 fully saturated rings. The predicted molar refractivity (Wildman–Crippen MR) is 57.9 cm³/mol. The molecule has 0 aromatic carbocycles. The molecule has 88 valence electrons. The molecule has 16 heavy (non-hydrogen) atoms. The second kappa shape index (κ2) is 4.98. The van der Waals surface area contributed by atoms with Crippen LogP contribution in [0.4, 0.5) is 13.2 Å². The smallest absolute Gasteiger partial charge is 0.434 e. The number of carbonyl (C=O) groups excluding carboxylic acids is 1. The van der Waals surface area contributed by atoms with Crippen LogP contribution in [-0.4, -0.2) is 17.6 Å². The summed E-state index contributed by atoms with van der Waals surface area (Å²) in [4.78, 5) is 14.6. The first-order chi connectivity index (χ1) is 7.36. The number of halogens is 4. The summed E-state index contributed by atoms with van der Waals surface area (Å²) >= 11 is 1.64. The van der Waals surface area contributed by atoms with Gasteiger partial charge < -0.3 is 4.74 Å². The van der Waals surface area contributed by atoms with E-state index in [1.165, 1.54) is 13.0 Å². The number of ether oxygens (including phenoxy) is 1. The maximum atomic E-state index is 12.6. The highest BCUT2D eigenvalue weighted by atomic mass is 127. The van der Waals surface area contributed by atoms with Crippen molar-refractivity contribution in [1.82, 2.24) is 4.98 Å². The lowest BCUT2D eigenvalue weighted by atomic mass is 10.2. The van der Waals surface area contributed by atoms with Gasteiger partial charge in [0.25, 0.3) is 0 Å². The summed E-state index contributed by atoms with van der Waals surface area (Å²) in [5.74, 6) is -1.02. The van der Waals surface area contributed by atoms with Crippen molar-refractivity contribution in [3.63, 3.8) is 0 Å². The Morgan fingerprint density at radius 3 is 2.62 bits per heavy atom. The van der Waals surface area contributed by atoms with E-state index in [9.17, 15) is 18.0 Å². The molecular formula is C9H7F3INO2. The molecule has 0 aliphatic rings. The number of rotatable bonds is 2. The minimum absolute atomic E-state index is 0.0160. The van der Waals surface area contributed by atoms with Crippen LogP contribution < -0.4 is 0 Å². The zero-order chi connectivity index (χ0) is 12.3. The second-order valence-electron chi connectivity index (χ2n) is 2.75. The van der Waals surface area contributed by atoms with E-state index in [0.29, 0.717) is 0 Å². The lowest BCUT2D eigenvalue weighted by Gasteiger charge is -2.10. The highest BCUT2D eigenvalue weighted by Gasteiger charge is 2.37.